The molecule has 0 spiro atoms. The number of hydrogen-bond acceptors (Lipinski definition) is 10. The van der Waals surface area contributed by atoms with E-state index >= 15 is 0 Å². The molecule has 0 aromatic heterocycles. The summed E-state index contributed by atoms with van der Waals surface area (Å²) in [5, 5.41) is 12.2. The Labute approximate surface area is 352 Å². The molecule has 6 aromatic carbocycles. The van der Waals surface area contributed by atoms with Crippen molar-refractivity contribution in [1.82, 2.24) is 0 Å². The number of aliphatic hydroxyl groups excluding tert-OH is 1. The largest absolute Gasteiger partial charge is 0.475 e. The van der Waals surface area contributed by atoms with E-state index in [1.807, 2.05) is 182 Å². The molecule has 7 rings (SSSR count). The first-order valence-corrected chi connectivity index (χ1v) is 21.5. The minimum atomic E-state index is -4.27. The summed E-state index contributed by atoms with van der Waals surface area (Å²) in [5.74, 6) is 0. The highest BCUT2D eigenvalue weighted by Gasteiger charge is 2.51. The van der Waals surface area contributed by atoms with Crippen LogP contribution in [-0.2, 0) is 81.5 Å². The lowest BCUT2D eigenvalue weighted by molar-refractivity contribution is -0.337. The molecule has 0 aliphatic carbocycles. The average Bonchev–Trinajstić information content (AvgIpc) is 3.31. The van der Waals surface area contributed by atoms with Gasteiger partial charge in [0, 0.05) is 0 Å². The third kappa shape index (κ3) is 13.1. The molecule has 1 aliphatic rings. The van der Waals surface area contributed by atoms with Crippen LogP contribution >= 0.6 is 7.82 Å². The van der Waals surface area contributed by atoms with Crippen molar-refractivity contribution in [3.05, 3.63) is 215 Å². The fourth-order valence-corrected chi connectivity index (χ4v) is 7.89. The summed E-state index contributed by atoms with van der Waals surface area (Å²) >= 11 is 0. The van der Waals surface area contributed by atoms with Crippen molar-refractivity contribution in [3.8, 4) is 0 Å². The molecule has 312 valence electrons. The van der Waals surface area contributed by atoms with Crippen molar-refractivity contribution in [2.45, 2.75) is 76.5 Å². The van der Waals surface area contributed by atoms with Gasteiger partial charge in [0.2, 0.25) is 0 Å². The maximum absolute atomic E-state index is 14.3. The zero-order valence-corrected chi connectivity index (χ0v) is 34.2. The van der Waals surface area contributed by atoms with Crippen LogP contribution in [0.1, 0.15) is 33.4 Å². The van der Waals surface area contributed by atoms with Crippen LogP contribution in [0.5, 0.6) is 0 Å². The molecule has 0 amide bonds. The Balaban J connectivity index is 1.19. The summed E-state index contributed by atoms with van der Waals surface area (Å²) in [6.07, 6.45) is -6.18. The summed E-state index contributed by atoms with van der Waals surface area (Å²) in [7, 11) is -4.27. The Morgan fingerprint density at radius 3 is 1.12 bits per heavy atom. The van der Waals surface area contributed by atoms with Gasteiger partial charge in [0.25, 0.3) is 0 Å². The Morgan fingerprint density at radius 1 is 0.417 bits per heavy atom. The molecule has 10 nitrogen and oxygen atoms in total. The number of hydrogen-bond donors (Lipinski definition) is 1. The molecule has 1 aliphatic heterocycles. The van der Waals surface area contributed by atoms with Gasteiger partial charge >= 0.3 is 7.82 Å². The average molecular weight is 831 g/mol. The molecule has 1 fully saturated rings. The van der Waals surface area contributed by atoms with E-state index in [4.69, 9.17) is 37.3 Å². The number of aliphatic hydroxyl groups is 1. The summed E-state index contributed by atoms with van der Waals surface area (Å²) in [6, 6.07) is 57.6. The minimum absolute atomic E-state index is 0.0447. The smallest absolute Gasteiger partial charge is 0.388 e. The second-order valence-electron chi connectivity index (χ2n) is 14.4. The third-order valence-corrected chi connectivity index (χ3v) is 11.2. The molecule has 60 heavy (non-hydrogen) atoms. The van der Waals surface area contributed by atoms with E-state index in [2.05, 4.69) is 0 Å². The zero-order valence-electron chi connectivity index (χ0n) is 33.3. The Hall–Kier alpha value is -4.81. The van der Waals surface area contributed by atoms with Crippen molar-refractivity contribution in [2.75, 3.05) is 6.61 Å². The van der Waals surface area contributed by atoms with Gasteiger partial charge in [-0.2, -0.15) is 0 Å². The molecule has 11 heteroatoms. The molecule has 0 bridgehead atoms. The van der Waals surface area contributed by atoms with Crippen LogP contribution < -0.4 is 0 Å². The molecule has 1 heterocycles. The third-order valence-electron chi connectivity index (χ3n) is 9.89. The molecule has 6 aromatic rings. The zero-order chi connectivity index (χ0) is 41.2. The lowest BCUT2D eigenvalue weighted by Gasteiger charge is -2.47. The van der Waals surface area contributed by atoms with Gasteiger partial charge < -0.3 is 28.8 Å². The monoisotopic (exact) mass is 830 g/mol. The van der Waals surface area contributed by atoms with Crippen molar-refractivity contribution in [3.63, 3.8) is 0 Å². The van der Waals surface area contributed by atoms with E-state index in [9.17, 15) is 9.67 Å². The molecule has 6 atom stereocenters. The van der Waals surface area contributed by atoms with Gasteiger partial charge in [-0.3, -0.25) is 13.6 Å². The van der Waals surface area contributed by atoms with Crippen LogP contribution in [0.4, 0.5) is 0 Å². The van der Waals surface area contributed by atoms with Crippen LogP contribution in [0.3, 0.4) is 0 Å². The first kappa shape index (κ1) is 43.3. The Morgan fingerprint density at radius 2 is 0.733 bits per heavy atom. The van der Waals surface area contributed by atoms with Gasteiger partial charge in [-0.05, 0) is 33.4 Å². The van der Waals surface area contributed by atoms with Crippen LogP contribution in [0.15, 0.2) is 182 Å². The van der Waals surface area contributed by atoms with Crippen molar-refractivity contribution in [2.24, 2.45) is 0 Å². The Kier molecular flexibility index (Phi) is 16.4. The van der Waals surface area contributed by atoms with Crippen molar-refractivity contribution in [1.29, 1.82) is 0 Å². The molecular weight excluding hydrogens is 780 g/mol. The number of benzene rings is 6. The van der Waals surface area contributed by atoms with Gasteiger partial charge in [0.1, 0.15) is 30.5 Å². The predicted octanol–water partition coefficient (Wildman–Crippen LogP) is 9.60. The molecule has 1 N–H and O–H groups in total. The SMILES string of the molecule is O=P(OCc1ccccc1)(OCc1ccccc1)OC[C@H](O)[C@H]1O[C@H](OCc2ccccc2)[C@@H](OCc2ccccc2)[C@@H](OCc2ccccc2)[C@@H]1OCc1ccccc1. The fourth-order valence-electron chi connectivity index (χ4n) is 6.72. The number of rotatable bonds is 22. The molecule has 1 saturated heterocycles. The van der Waals surface area contributed by atoms with E-state index in [-0.39, 0.29) is 39.6 Å². The van der Waals surface area contributed by atoms with Gasteiger partial charge in [-0.25, -0.2) is 4.57 Å². The second kappa shape index (κ2) is 22.7. The summed E-state index contributed by atoms with van der Waals surface area (Å²) in [6.45, 7) is 0.212. The van der Waals surface area contributed by atoms with Gasteiger partial charge in [-0.1, -0.05) is 182 Å². The van der Waals surface area contributed by atoms with Crippen molar-refractivity contribution < 1.29 is 46.9 Å². The van der Waals surface area contributed by atoms with Gasteiger partial charge in [-0.15, -0.1) is 0 Å². The van der Waals surface area contributed by atoms with E-state index in [1.165, 1.54) is 0 Å². The number of ether oxygens (including phenoxy) is 5. The topological polar surface area (TPSA) is 111 Å². The van der Waals surface area contributed by atoms with Crippen LogP contribution in [0, 0.1) is 0 Å². The Bertz CT molecular complexity index is 2090. The molecule has 0 saturated carbocycles. The summed E-state index contributed by atoms with van der Waals surface area (Å²) in [5.41, 5.74) is 5.24. The molecule has 0 radical (unpaired) electrons. The first-order valence-electron chi connectivity index (χ1n) is 20.1. The minimum Gasteiger partial charge on any atom is -0.388 e. The van der Waals surface area contributed by atoms with Crippen LogP contribution in [0.25, 0.3) is 0 Å². The van der Waals surface area contributed by atoms with E-state index in [1.54, 1.807) is 0 Å². The van der Waals surface area contributed by atoms with Crippen LogP contribution in [0.2, 0.25) is 0 Å². The van der Waals surface area contributed by atoms with E-state index in [0.717, 1.165) is 33.4 Å². The normalized spacial score (nSPS) is 19.8. The first-order chi connectivity index (χ1) is 29.5. The molecular formula is C49H51O10P. The van der Waals surface area contributed by atoms with E-state index < -0.39 is 51.2 Å². The molecule has 0 unspecified atom stereocenters. The van der Waals surface area contributed by atoms with Crippen LogP contribution in [-0.4, -0.2) is 48.5 Å². The highest BCUT2D eigenvalue weighted by Crippen LogP contribution is 2.51. The predicted molar refractivity (Wildman–Crippen MR) is 227 cm³/mol. The maximum Gasteiger partial charge on any atom is 0.475 e. The lowest BCUT2D eigenvalue weighted by Crippen LogP contribution is -2.63. The summed E-state index contributed by atoms with van der Waals surface area (Å²) < 4.78 is 65.5. The lowest BCUT2D eigenvalue weighted by atomic mass is 9.94. The standard InChI is InChI=1S/C49H51O10P/c50-44(37-58-60(51,56-35-42-27-15-5-16-28-42)57-36-43-29-17-6-18-30-43)45-46(52-31-38-19-7-1-8-20-38)47(53-32-39-21-9-2-10-22-39)48(54-33-40-23-11-3-12-24-40)49(59-45)55-34-41-25-13-4-14-26-41/h1-30,44-50H,31-37H2/t44-,45+,46+,47-,48-,49-/m0/s1. The second-order valence-corrected chi connectivity index (χ2v) is 16.0. The van der Waals surface area contributed by atoms with Crippen molar-refractivity contribution >= 4 is 7.82 Å². The van der Waals surface area contributed by atoms with Gasteiger partial charge in [0.15, 0.2) is 6.29 Å². The van der Waals surface area contributed by atoms with Gasteiger partial charge in [0.05, 0.1) is 46.2 Å². The maximum atomic E-state index is 14.3. The van der Waals surface area contributed by atoms with E-state index in [0.29, 0.717) is 0 Å². The quantitative estimate of drug-likeness (QED) is 0.0665. The summed E-state index contributed by atoms with van der Waals surface area (Å²) in [4.78, 5) is 0. The highest BCUT2D eigenvalue weighted by molar-refractivity contribution is 7.48. The highest BCUT2D eigenvalue weighted by atomic mass is 31.2. The number of phosphoric ester groups is 1. The number of phosphoric acid groups is 1. The fraction of sp³-hybridized carbons (Fsp3) is 0.265.